The summed E-state index contributed by atoms with van der Waals surface area (Å²) < 4.78 is 6.96. The van der Waals surface area contributed by atoms with Gasteiger partial charge in [0.15, 0.2) is 5.78 Å². The fraction of sp³-hybridized carbons (Fsp3) is 0.500. The van der Waals surface area contributed by atoms with Crippen molar-refractivity contribution in [1.82, 2.24) is 4.98 Å². The summed E-state index contributed by atoms with van der Waals surface area (Å²) >= 11 is 0. The molecule has 3 heterocycles. The summed E-state index contributed by atoms with van der Waals surface area (Å²) in [6.45, 7) is 2.42. The molecular weight excluding hydrogens is 414 g/mol. The lowest BCUT2D eigenvalue weighted by Crippen LogP contribution is -2.58. The molecule has 5 aliphatic rings. The summed E-state index contributed by atoms with van der Waals surface area (Å²) in [6, 6.07) is 8.86. The van der Waals surface area contributed by atoms with Crippen LogP contribution in [-0.4, -0.2) is 44.4 Å². The Morgan fingerprint density at radius 1 is 1.09 bits per heavy atom. The predicted molar refractivity (Wildman–Crippen MR) is 124 cm³/mol. The van der Waals surface area contributed by atoms with Crippen molar-refractivity contribution in [3.63, 3.8) is 0 Å². The van der Waals surface area contributed by atoms with Crippen LogP contribution in [0.5, 0.6) is 0 Å². The Morgan fingerprint density at radius 3 is 2.85 bits per heavy atom. The Morgan fingerprint density at radius 2 is 1.97 bits per heavy atom. The molecule has 3 aliphatic carbocycles. The predicted octanol–water partition coefficient (Wildman–Crippen LogP) is 3.99. The van der Waals surface area contributed by atoms with Gasteiger partial charge in [-0.2, -0.15) is 0 Å². The van der Waals surface area contributed by atoms with Crippen molar-refractivity contribution in [2.75, 3.05) is 0 Å². The minimum Gasteiger partial charge on any atom is -0.385 e. The van der Waals surface area contributed by atoms with Gasteiger partial charge in [-0.05, 0) is 83.6 Å². The van der Waals surface area contributed by atoms with Gasteiger partial charge in [-0.3, -0.25) is 9.78 Å². The van der Waals surface area contributed by atoms with Gasteiger partial charge < -0.3 is 14.9 Å². The lowest BCUT2D eigenvalue weighted by Gasteiger charge is -2.54. The molecule has 33 heavy (non-hydrogen) atoms. The molecule has 1 aromatic heterocycles. The summed E-state index contributed by atoms with van der Waals surface area (Å²) in [5.41, 5.74) is 2.14. The summed E-state index contributed by atoms with van der Waals surface area (Å²) in [5, 5.41) is 23.3. The average Bonchev–Trinajstić information content (AvgIpc) is 3.33. The van der Waals surface area contributed by atoms with E-state index in [-0.39, 0.29) is 17.6 Å². The Hall–Kier alpha value is -2.34. The second-order valence-electron chi connectivity index (χ2n) is 11.2. The van der Waals surface area contributed by atoms with Crippen molar-refractivity contribution in [3.05, 3.63) is 65.5 Å². The molecule has 5 heteroatoms. The first kappa shape index (κ1) is 20.1. The zero-order valence-electron chi connectivity index (χ0n) is 18.8. The Kier molecular flexibility index (Phi) is 3.90. The highest BCUT2D eigenvalue weighted by molar-refractivity contribution is 5.88. The molecule has 2 spiro atoms. The number of ether oxygens (including phenoxy) is 1. The van der Waals surface area contributed by atoms with Gasteiger partial charge in [0.2, 0.25) is 0 Å². The maximum Gasteiger partial charge on any atom is 0.167 e. The molecule has 1 aromatic carbocycles. The number of hydrogen-bond donors (Lipinski definition) is 2. The van der Waals surface area contributed by atoms with Crippen molar-refractivity contribution in [3.8, 4) is 0 Å². The fourth-order valence-corrected chi connectivity index (χ4v) is 8.14. The highest BCUT2D eigenvalue weighted by atomic mass is 16.5. The second kappa shape index (κ2) is 6.41. The molecule has 2 bridgehead atoms. The van der Waals surface area contributed by atoms with Crippen LogP contribution in [0, 0.1) is 11.3 Å². The first-order chi connectivity index (χ1) is 15.9. The van der Waals surface area contributed by atoms with Gasteiger partial charge in [-0.15, -0.1) is 0 Å². The third-order valence-corrected chi connectivity index (χ3v) is 9.74. The largest absolute Gasteiger partial charge is 0.385 e. The third-order valence-electron chi connectivity index (χ3n) is 9.74. The Bertz CT molecular complexity index is 1270. The van der Waals surface area contributed by atoms with E-state index in [4.69, 9.17) is 4.74 Å². The summed E-state index contributed by atoms with van der Waals surface area (Å²) in [5.74, 6) is 0.484. The molecular formula is C28H29NO4. The average molecular weight is 444 g/mol. The topological polar surface area (TPSA) is 79.7 Å². The molecule has 3 fully saturated rings. The molecule has 7 rings (SSSR count). The molecule has 1 saturated heterocycles. The number of benzene rings is 1. The number of hydrogen-bond acceptors (Lipinski definition) is 5. The number of aliphatic hydroxyl groups excluding tert-OH is 2. The smallest absolute Gasteiger partial charge is 0.167 e. The van der Waals surface area contributed by atoms with Crippen LogP contribution < -0.4 is 0 Å². The monoisotopic (exact) mass is 443 g/mol. The highest BCUT2D eigenvalue weighted by Gasteiger charge is 2.68. The molecule has 2 saturated carbocycles. The van der Waals surface area contributed by atoms with E-state index < -0.39 is 23.4 Å². The minimum atomic E-state index is -1.34. The highest BCUT2D eigenvalue weighted by Crippen LogP contribution is 2.69. The van der Waals surface area contributed by atoms with E-state index in [9.17, 15) is 15.0 Å². The summed E-state index contributed by atoms with van der Waals surface area (Å²) in [7, 11) is 0. The van der Waals surface area contributed by atoms with Crippen molar-refractivity contribution in [2.45, 2.75) is 74.8 Å². The maximum absolute atomic E-state index is 12.5. The van der Waals surface area contributed by atoms with Crippen LogP contribution in [0.15, 0.2) is 60.0 Å². The van der Waals surface area contributed by atoms with Gasteiger partial charge >= 0.3 is 0 Å². The van der Waals surface area contributed by atoms with Gasteiger partial charge in [0, 0.05) is 24.2 Å². The molecule has 0 radical (unpaired) electrons. The van der Waals surface area contributed by atoms with E-state index in [1.54, 1.807) is 0 Å². The number of rotatable bonds is 1. The summed E-state index contributed by atoms with van der Waals surface area (Å²) in [4.78, 5) is 16.8. The van der Waals surface area contributed by atoms with Crippen molar-refractivity contribution < 1.29 is 19.7 Å². The first-order valence-corrected chi connectivity index (χ1v) is 12.2. The van der Waals surface area contributed by atoms with Crippen LogP contribution in [0.3, 0.4) is 0 Å². The van der Waals surface area contributed by atoms with E-state index >= 15 is 0 Å². The van der Waals surface area contributed by atoms with E-state index in [2.05, 4.69) is 48.3 Å². The zero-order valence-corrected chi connectivity index (χ0v) is 18.8. The van der Waals surface area contributed by atoms with Gasteiger partial charge in [0.25, 0.3) is 0 Å². The number of allylic oxidation sites excluding steroid dienone is 1. The van der Waals surface area contributed by atoms with Crippen LogP contribution >= 0.6 is 0 Å². The zero-order chi connectivity index (χ0) is 22.6. The number of aliphatic hydroxyl groups is 2. The van der Waals surface area contributed by atoms with Gasteiger partial charge in [0.1, 0.15) is 17.8 Å². The Labute approximate surface area is 193 Å². The maximum atomic E-state index is 12.5. The molecule has 2 aliphatic heterocycles. The number of nitrogens with zero attached hydrogens (tertiary/aromatic N) is 1. The number of carbonyl (C=O) groups is 1. The van der Waals surface area contributed by atoms with Crippen molar-refractivity contribution in [1.29, 1.82) is 0 Å². The van der Waals surface area contributed by atoms with E-state index in [0.29, 0.717) is 17.4 Å². The number of Topliss-reactive ketones (excluding diaryl/α,β-unsaturated/α-hetero) is 1. The summed E-state index contributed by atoms with van der Waals surface area (Å²) in [6.07, 6.45) is 10.6. The first-order valence-electron chi connectivity index (χ1n) is 12.2. The van der Waals surface area contributed by atoms with Gasteiger partial charge in [-0.25, -0.2) is 0 Å². The van der Waals surface area contributed by atoms with E-state index in [0.717, 1.165) is 37.7 Å². The number of fused-ring (bicyclic) bond motifs is 2. The number of carbonyl (C=O) groups excluding carboxylic acids is 1. The van der Waals surface area contributed by atoms with Crippen LogP contribution in [0.1, 0.15) is 56.9 Å². The van der Waals surface area contributed by atoms with E-state index in [1.807, 2.05) is 12.4 Å². The standard InChI is InChI=1S/C28H29NO4/c1-26-8-6-19-13-21-24(31)25(32)22(30)14-27(21)9-10-28(19,33-27)23(26)5-4-20(26)17-3-2-16-7-11-29-15-18(16)12-17/h2-3,6-7,11-13,15,20,23-25,31-32H,4-5,8-10,14H2,1H3/t20-,23-,24+,25-,26-,27-,28?/m1/s1. The lowest BCUT2D eigenvalue weighted by atomic mass is 9.58. The van der Waals surface area contributed by atoms with E-state index in [1.165, 1.54) is 16.3 Å². The normalized spacial score (nSPS) is 43.5. The molecule has 170 valence electrons. The second-order valence-corrected chi connectivity index (χ2v) is 11.2. The van der Waals surface area contributed by atoms with Crippen molar-refractivity contribution in [2.24, 2.45) is 11.3 Å². The molecule has 1 unspecified atom stereocenters. The molecule has 7 atom stereocenters. The molecule has 2 N–H and O–H groups in total. The number of aromatic nitrogens is 1. The lowest BCUT2D eigenvalue weighted by molar-refractivity contribution is -0.164. The number of pyridine rings is 1. The molecule has 0 amide bonds. The quantitative estimate of drug-likeness (QED) is 0.697. The fourth-order valence-electron chi connectivity index (χ4n) is 8.14. The van der Waals surface area contributed by atoms with Gasteiger partial charge in [0.05, 0.1) is 5.60 Å². The molecule has 5 nitrogen and oxygen atoms in total. The van der Waals surface area contributed by atoms with Crippen LogP contribution in [0.4, 0.5) is 0 Å². The van der Waals surface area contributed by atoms with Crippen LogP contribution in [-0.2, 0) is 9.53 Å². The minimum absolute atomic E-state index is 0.0626. The SMILES string of the molecule is C[C@]12CC=C3C=C4[C@H](O)[C@H](O)C(=O)C[C@]45CCC3(O5)[C@@H]1CC[C@@H]2c1ccc2ccncc2c1. The Balaban J connectivity index is 1.31. The van der Waals surface area contributed by atoms with Crippen LogP contribution in [0.2, 0.25) is 0 Å². The van der Waals surface area contributed by atoms with Crippen LogP contribution in [0.25, 0.3) is 10.8 Å². The van der Waals surface area contributed by atoms with Crippen molar-refractivity contribution >= 4 is 16.6 Å². The van der Waals surface area contributed by atoms with Gasteiger partial charge in [-0.1, -0.05) is 31.2 Å². The number of ketones is 1. The molecule has 2 aromatic rings. The third kappa shape index (κ3) is 2.43.